The summed E-state index contributed by atoms with van der Waals surface area (Å²) in [7, 11) is 1.72. The summed E-state index contributed by atoms with van der Waals surface area (Å²) in [5.74, 6) is 0.969. The van der Waals surface area contributed by atoms with Crippen LogP contribution in [0.3, 0.4) is 0 Å². The fourth-order valence-electron chi connectivity index (χ4n) is 1.85. The monoisotopic (exact) mass is 235 g/mol. The molecular formula is C15H25NO. The molecular weight excluding hydrogens is 210 g/mol. The second-order valence-corrected chi connectivity index (χ2v) is 5.83. The Balaban J connectivity index is 2.72. The van der Waals surface area contributed by atoms with Crippen molar-refractivity contribution in [2.45, 2.75) is 46.6 Å². The maximum atomic E-state index is 6.19. The Morgan fingerprint density at radius 1 is 1.29 bits per heavy atom. The zero-order chi connectivity index (χ0) is 13.1. The molecule has 0 spiro atoms. The van der Waals surface area contributed by atoms with Crippen LogP contribution in [0.4, 0.5) is 0 Å². The fraction of sp³-hybridized carbons (Fsp3) is 0.600. The minimum atomic E-state index is 0.164. The van der Waals surface area contributed by atoms with Crippen molar-refractivity contribution in [1.29, 1.82) is 0 Å². The Hall–Kier alpha value is -1.02. The molecule has 1 aromatic carbocycles. The van der Waals surface area contributed by atoms with Crippen LogP contribution in [-0.4, -0.2) is 13.2 Å². The normalized spacial score (nSPS) is 13.5. The molecule has 1 rings (SSSR count). The lowest BCUT2D eigenvalue weighted by Gasteiger charge is -2.27. The second kappa shape index (κ2) is 5.54. The van der Waals surface area contributed by atoms with E-state index < -0.39 is 0 Å². The van der Waals surface area contributed by atoms with Crippen LogP contribution in [0, 0.1) is 12.3 Å². The molecule has 0 radical (unpaired) electrons. The average molecular weight is 235 g/mol. The van der Waals surface area contributed by atoms with E-state index in [0.717, 1.165) is 18.6 Å². The molecule has 1 atom stereocenters. The molecule has 17 heavy (non-hydrogen) atoms. The Labute approximate surface area is 105 Å². The van der Waals surface area contributed by atoms with Crippen molar-refractivity contribution in [2.24, 2.45) is 11.1 Å². The van der Waals surface area contributed by atoms with Gasteiger partial charge in [0.2, 0.25) is 0 Å². The third kappa shape index (κ3) is 4.04. The first-order valence-corrected chi connectivity index (χ1v) is 6.23. The van der Waals surface area contributed by atoms with E-state index in [0.29, 0.717) is 0 Å². The quantitative estimate of drug-likeness (QED) is 0.869. The highest BCUT2D eigenvalue weighted by atomic mass is 16.5. The molecule has 0 aromatic heterocycles. The third-order valence-electron chi connectivity index (χ3n) is 3.27. The highest BCUT2D eigenvalue weighted by molar-refractivity contribution is 5.37. The van der Waals surface area contributed by atoms with Crippen LogP contribution in [0.25, 0.3) is 0 Å². The van der Waals surface area contributed by atoms with Crippen LogP contribution in [0.1, 0.15) is 38.3 Å². The third-order valence-corrected chi connectivity index (χ3v) is 3.27. The highest BCUT2D eigenvalue weighted by Crippen LogP contribution is 2.25. The molecule has 2 heteroatoms. The van der Waals surface area contributed by atoms with Gasteiger partial charge in [-0.05, 0) is 36.8 Å². The van der Waals surface area contributed by atoms with Crippen LogP contribution in [0.5, 0.6) is 5.75 Å². The van der Waals surface area contributed by atoms with Gasteiger partial charge >= 0.3 is 0 Å². The smallest absolute Gasteiger partial charge is 0.122 e. The van der Waals surface area contributed by atoms with Crippen molar-refractivity contribution in [3.63, 3.8) is 0 Å². The van der Waals surface area contributed by atoms with Crippen LogP contribution in [0.15, 0.2) is 18.2 Å². The molecule has 1 aromatic rings. The highest BCUT2D eigenvalue weighted by Gasteiger charge is 2.20. The van der Waals surface area contributed by atoms with E-state index in [1.54, 1.807) is 7.11 Å². The Bertz CT molecular complexity index is 366. The molecule has 0 aliphatic heterocycles. The zero-order valence-corrected chi connectivity index (χ0v) is 11.7. The Morgan fingerprint density at radius 2 is 1.94 bits per heavy atom. The molecule has 96 valence electrons. The molecule has 0 heterocycles. The minimum absolute atomic E-state index is 0.164. The standard InChI is InChI=1S/C15H25NO/c1-11-6-8-13(17-5)12(10-11)7-9-14(16)15(2,3)4/h6,8,10,14H,7,9,16H2,1-5H3. The number of methoxy groups -OCH3 is 1. The summed E-state index contributed by atoms with van der Waals surface area (Å²) in [4.78, 5) is 0. The minimum Gasteiger partial charge on any atom is -0.496 e. The molecule has 0 aliphatic rings. The Kier molecular flexibility index (Phi) is 4.58. The molecule has 2 nitrogen and oxygen atoms in total. The number of hydrogen-bond donors (Lipinski definition) is 1. The van der Waals surface area contributed by atoms with Gasteiger partial charge < -0.3 is 10.5 Å². The van der Waals surface area contributed by atoms with E-state index in [9.17, 15) is 0 Å². The van der Waals surface area contributed by atoms with Crippen molar-refractivity contribution >= 4 is 0 Å². The van der Waals surface area contributed by atoms with E-state index in [4.69, 9.17) is 10.5 Å². The first-order valence-electron chi connectivity index (χ1n) is 6.23. The van der Waals surface area contributed by atoms with Crippen molar-refractivity contribution in [1.82, 2.24) is 0 Å². The zero-order valence-electron chi connectivity index (χ0n) is 11.7. The Morgan fingerprint density at radius 3 is 2.47 bits per heavy atom. The van der Waals surface area contributed by atoms with Gasteiger partial charge in [0.05, 0.1) is 7.11 Å². The predicted octanol–water partition coefficient (Wildman–Crippen LogP) is 3.31. The van der Waals surface area contributed by atoms with Crippen LogP contribution in [0.2, 0.25) is 0 Å². The first kappa shape index (κ1) is 14.0. The molecule has 0 fully saturated rings. The van der Waals surface area contributed by atoms with Gasteiger partial charge in [0.25, 0.3) is 0 Å². The lowest BCUT2D eigenvalue weighted by Crippen LogP contribution is -2.35. The van der Waals surface area contributed by atoms with E-state index in [2.05, 4.69) is 39.8 Å². The first-order chi connectivity index (χ1) is 7.84. The van der Waals surface area contributed by atoms with E-state index in [1.807, 2.05) is 6.07 Å². The average Bonchev–Trinajstić information content (AvgIpc) is 2.24. The number of benzene rings is 1. The second-order valence-electron chi connectivity index (χ2n) is 5.83. The van der Waals surface area contributed by atoms with Crippen LogP contribution in [-0.2, 0) is 6.42 Å². The van der Waals surface area contributed by atoms with E-state index in [-0.39, 0.29) is 11.5 Å². The summed E-state index contributed by atoms with van der Waals surface area (Å²) >= 11 is 0. The van der Waals surface area contributed by atoms with Gasteiger partial charge in [-0.1, -0.05) is 38.5 Å². The van der Waals surface area contributed by atoms with E-state index >= 15 is 0 Å². The topological polar surface area (TPSA) is 35.2 Å². The number of nitrogens with two attached hydrogens (primary N) is 1. The molecule has 1 unspecified atom stereocenters. The lowest BCUT2D eigenvalue weighted by atomic mass is 9.84. The van der Waals surface area contributed by atoms with Gasteiger partial charge in [-0.2, -0.15) is 0 Å². The summed E-state index contributed by atoms with van der Waals surface area (Å²) in [5, 5.41) is 0. The summed E-state index contributed by atoms with van der Waals surface area (Å²) < 4.78 is 5.38. The molecule has 0 amide bonds. The van der Waals surface area contributed by atoms with Crippen LogP contribution >= 0.6 is 0 Å². The van der Waals surface area contributed by atoms with Gasteiger partial charge in [0, 0.05) is 6.04 Å². The van der Waals surface area contributed by atoms with Gasteiger partial charge in [-0.25, -0.2) is 0 Å². The van der Waals surface area contributed by atoms with Crippen molar-refractivity contribution in [3.8, 4) is 5.75 Å². The largest absolute Gasteiger partial charge is 0.496 e. The summed E-state index contributed by atoms with van der Waals surface area (Å²) in [6.07, 6.45) is 1.96. The number of aryl methyl sites for hydroxylation is 2. The van der Waals surface area contributed by atoms with Crippen molar-refractivity contribution < 1.29 is 4.74 Å². The number of hydrogen-bond acceptors (Lipinski definition) is 2. The SMILES string of the molecule is COc1ccc(C)cc1CCC(N)C(C)(C)C. The van der Waals surface area contributed by atoms with Gasteiger partial charge in [0.15, 0.2) is 0 Å². The maximum absolute atomic E-state index is 6.19. The maximum Gasteiger partial charge on any atom is 0.122 e. The molecule has 0 saturated heterocycles. The predicted molar refractivity (Wildman–Crippen MR) is 73.5 cm³/mol. The van der Waals surface area contributed by atoms with Crippen molar-refractivity contribution in [2.75, 3.05) is 7.11 Å². The summed E-state index contributed by atoms with van der Waals surface area (Å²) in [5.41, 5.74) is 8.88. The molecule has 0 bridgehead atoms. The van der Waals surface area contributed by atoms with Crippen molar-refractivity contribution in [3.05, 3.63) is 29.3 Å². The van der Waals surface area contributed by atoms with Gasteiger partial charge in [0.1, 0.15) is 5.75 Å². The number of rotatable bonds is 4. The molecule has 0 saturated carbocycles. The molecule has 2 N–H and O–H groups in total. The van der Waals surface area contributed by atoms with Gasteiger partial charge in [-0.3, -0.25) is 0 Å². The number of ether oxygens (including phenoxy) is 1. The van der Waals surface area contributed by atoms with E-state index in [1.165, 1.54) is 11.1 Å². The van der Waals surface area contributed by atoms with Gasteiger partial charge in [-0.15, -0.1) is 0 Å². The summed E-state index contributed by atoms with van der Waals surface area (Å²) in [6, 6.07) is 6.51. The molecule has 0 aliphatic carbocycles. The summed E-state index contributed by atoms with van der Waals surface area (Å²) in [6.45, 7) is 8.66. The van der Waals surface area contributed by atoms with Crippen LogP contribution < -0.4 is 10.5 Å². The lowest BCUT2D eigenvalue weighted by molar-refractivity contribution is 0.304. The fourth-order valence-corrected chi connectivity index (χ4v) is 1.85.